The van der Waals surface area contributed by atoms with Crippen LogP contribution in [0.15, 0.2) is 12.4 Å². The summed E-state index contributed by atoms with van der Waals surface area (Å²) in [4.78, 5) is 34.0. The molecule has 48 heavy (non-hydrogen) atoms. The van der Waals surface area contributed by atoms with E-state index in [1.54, 1.807) is 17.1 Å². The Morgan fingerprint density at radius 1 is 1.10 bits per heavy atom. The van der Waals surface area contributed by atoms with E-state index in [1.807, 2.05) is 0 Å². The second-order valence-electron chi connectivity index (χ2n) is 11.8. The Bertz CT molecular complexity index is 1150. The summed E-state index contributed by atoms with van der Waals surface area (Å²) in [5.74, 6) is -2.75. The summed E-state index contributed by atoms with van der Waals surface area (Å²) >= 11 is 0.540. The zero-order chi connectivity index (χ0) is 35.4. The highest BCUT2D eigenvalue weighted by Gasteiger charge is 2.56. The lowest BCUT2D eigenvalue weighted by Crippen LogP contribution is -2.66. The number of hydrogen-bond acceptors (Lipinski definition) is 16. The van der Waals surface area contributed by atoms with Crippen molar-refractivity contribution in [2.75, 3.05) is 25.5 Å². The van der Waals surface area contributed by atoms with Gasteiger partial charge in [0.15, 0.2) is 6.29 Å². The molecule has 0 bridgehead atoms. The fourth-order valence-corrected chi connectivity index (χ4v) is 6.66. The molecule has 3 heterocycles. The van der Waals surface area contributed by atoms with Gasteiger partial charge in [-0.05, 0) is 19.3 Å². The zero-order valence-electron chi connectivity index (χ0n) is 26.5. The smallest absolute Gasteiger partial charge is 0.346 e. The molecule has 0 saturated carbocycles. The van der Waals surface area contributed by atoms with E-state index >= 15 is 0 Å². The minimum absolute atomic E-state index is 0.00571. The van der Waals surface area contributed by atoms with Crippen molar-refractivity contribution in [2.45, 2.75) is 118 Å². The molecule has 2 aliphatic heterocycles. The SMILES string of the molecule is CC(=O)N[C@H]1C([C@H](O)[C@H](O)CO)O[C@@](SCC2O[C@@H](OCCCNC(=O)CCCCCn3ccnn3)[C@@H](O)C(O)[C@H]2O)(C(=O)O)C[C@H]1O. The summed E-state index contributed by atoms with van der Waals surface area (Å²) in [5, 5.41) is 95.1. The number of carbonyl (C=O) groups is 3. The number of aryl methyl sites for hydroxylation is 1. The third-order valence-electron chi connectivity index (χ3n) is 8.02. The Morgan fingerprint density at radius 2 is 1.85 bits per heavy atom. The van der Waals surface area contributed by atoms with Crippen LogP contribution in [0.2, 0.25) is 0 Å². The maximum Gasteiger partial charge on any atom is 0.346 e. The van der Waals surface area contributed by atoms with Gasteiger partial charge in [-0.25, -0.2) is 4.79 Å². The van der Waals surface area contributed by atoms with E-state index in [4.69, 9.17) is 14.2 Å². The third-order valence-corrected chi connectivity index (χ3v) is 9.42. The first-order valence-electron chi connectivity index (χ1n) is 15.7. The number of carboxylic acid groups (broad SMARTS) is 1. The predicted octanol–water partition coefficient (Wildman–Crippen LogP) is -3.95. The second kappa shape index (κ2) is 19.0. The molecule has 11 atom stereocenters. The van der Waals surface area contributed by atoms with E-state index < -0.39 is 91.0 Å². The molecule has 2 fully saturated rings. The molecular formula is C28H47N5O14S. The number of unbranched alkanes of at least 4 members (excludes halogenated alkanes) is 2. The molecule has 3 unspecified atom stereocenters. The Kier molecular flexibility index (Phi) is 15.8. The Labute approximate surface area is 280 Å². The number of aliphatic hydroxyl groups is 7. The van der Waals surface area contributed by atoms with E-state index in [0.717, 1.165) is 26.3 Å². The van der Waals surface area contributed by atoms with Crippen molar-refractivity contribution in [1.29, 1.82) is 0 Å². The number of carbonyl (C=O) groups excluding carboxylic acids is 2. The van der Waals surface area contributed by atoms with Crippen LogP contribution in [-0.2, 0) is 35.1 Å². The molecule has 3 rings (SSSR count). The molecule has 2 amide bonds. The average Bonchev–Trinajstić information content (AvgIpc) is 3.57. The minimum atomic E-state index is -2.30. The van der Waals surface area contributed by atoms with Gasteiger partial charge >= 0.3 is 5.97 Å². The maximum atomic E-state index is 12.5. The van der Waals surface area contributed by atoms with Crippen molar-refractivity contribution in [3.8, 4) is 0 Å². The quantitative estimate of drug-likeness (QED) is 0.0613. The molecule has 0 radical (unpaired) electrons. The van der Waals surface area contributed by atoms with Gasteiger partial charge in [0.2, 0.25) is 16.7 Å². The highest BCUT2D eigenvalue weighted by Crippen LogP contribution is 2.42. The van der Waals surface area contributed by atoms with Crippen LogP contribution in [0.3, 0.4) is 0 Å². The topological polar surface area (TPSA) is 296 Å². The molecule has 2 aliphatic rings. The zero-order valence-corrected chi connectivity index (χ0v) is 27.3. The number of aromatic nitrogens is 3. The van der Waals surface area contributed by atoms with Crippen molar-refractivity contribution >= 4 is 29.5 Å². The van der Waals surface area contributed by atoms with Crippen LogP contribution < -0.4 is 10.6 Å². The van der Waals surface area contributed by atoms with Crippen LogP contribution in [0.1, 0.15) is 45.4 Å². The van der Waals surface area contributed by atoms with Crippen LogP contribution in [-0.4, -0.2) is 165 Å². The van der Waals surface area contributed by atoms with E-state index in [9.17, 15) is 55.2 Å². The number of amides is 2. The van der Waals surface area contributed by atoms with Crippen molar-refractivity contribution < 1.29 is 69.4 Å². The molecule has 0 aromatic carbocycles. The van der Waals surface area contributed by atoms with Crippen LogP contribution in [0.5, 0.6) is 0 Å². The van der Waals surface area contributed by atoms with E-state index in [1.165, 1.54) is 0 Å². The number of rotatable bonds is 19. The molecule has 1 aromatic heterocycles. The van der Waals surface area contributed by atoms with Crippen LogP contribution in [0, 0.1) is 0 Å². The lowest BCUT2D eigenvalue weighted by atomic mass is 9.90. The molecule has 10 N–H and O–H groups in total. The predicted molar refractivity (Wildman–Crippen MR) is 164 cm³/mol. The first kappa shape index (κ1) is 39.9. The monoisotopic (exact) mass is 709 g/mol. The first-order chi connectivity index (χ1) is 22.8. The van der Waals surface area contributed by atoms with Gasteiger partial charge < -0.3 is 65.7 Å². The number of nitrogens with one attached hydrogen (secondary N) is 2. The van der Waals surface area contributed by atoms with Crippen molar-refractivity contribution in [3.05, 3.63) is 12.4 Å². The van der Waals surface area contributed by atoms with Crippen molar-refractivity contribution in [1.82, 2.24) is 25.6 Å². The summed E-state index contributed by atoms with van der Waals surface area (Å²) < 4.78 is 18.7. The van der Waals surface area contributed by atoms with Crippen LogP contribution in [0.4, 0.5) is 0 Å². The van der Waals surface area contributed by atoms with Gasteiger partial charge in [-0.2, -0.15) is 0 Å². The number of carboxylic acids is 1. The number of aliphatic carboxylic acids is 1. The Balaban J connectivity index is 1.51. The molecule has 20 heteroatoms. The molecule has 0 spiro atoms. The van der Waals surface area contributed by atoms with Gasteiger partial charge in [0, 0.05) is 44.8 Å². The highest BCUT2D eigenvalue weighted by molar-refractivity contribution is 8.01. The van der Waals surface area contributed by atoms with Gasteiger partial charge in [-0.15, -0.1) is 16.9 Å². The number of hydrogen-bond donors (Lipinski definition) is 10. The van der Waals surface area contributed by atoms with Gasteiger partial charge in [-0.3, -0.25) is 14.3 Å². The highest BCUT2D eigenvalue weighted by atomic mass is 32.2. The fourth-order valence-electron chi connectivity index (χ4n) is 5.36. The maximum absolute atomic E-state index is 12.5. The molecule has 274 valence electrons. The standard InChI is InChI=1S/C28H47N5O14S/c1-15(35)31-20-16(36)12-28(27(43)44,47-25(20)21(39)17(37)13-34)48-14-18-22(40)23(41)24(42)26(46-18)45-11-5-7-29-19(38)6-3-2-4-9-33-10-8-30-32-33/h8,10,16-18,20-26,34,36-37,39-42H,2-7,9,11-14H2,1H3,(H,29,38)(H,31,35)(H,43,44)/t16-,17-,18?,20-,21-,22+,23?,24+,25?,26-,28+/m1/s1. The summed E-state index contributed by atoms with van der Waals surface area (Å²) in [7, 11) is 0. The third kappa shape index (κ3) is 11.0. The lowest BCUT2D eigenvalue weighted by Gasteiger charge is -2.47. The minimum Gasteiger partial charge on any atom is -0.478 e. The summed E-state index contributed by atoms with van der Waals surface area (Å²) in [6, 6.07) is -1.35. The fraction of sp³-hybridized carbons (Fsp3) is 0.821. The largest absolute Gasteiger partial charge is 0.478 e. The van der Waals surface area contributed by atoms with Crippen molar-refractivity contribution in [3.63, 3.8) is 0 Å². The number of thioether (sulfide) groups is 1. The van der Waals surface area contributed by atoms with Crippen LogP contribution in [0.25, 0.3) is 0 Å². The Hall–Kier alpha value is -2.50. The Morgan fingerprint density at radius 3 is 2.50 bits per heavy atom. The first-order valence-corrected chi connectivity index (χ1v) is 16.7. The lowest BCUT2D eigenvalue weighted by molar-refractivity contribution is -0.292. The number of ether oxygens (including phenoxy) is 3. The number of aliphatic hydroxyl groups excluding tert-OH is 7. The molecule has 1 aromatic rings. The normalized spacial score (nSPS) is 31.9. The molecule has 0 aliphatic carbocycles. The van der Waals surface area contributed by atoms with Crippen molar-refractivity contribution in [2.24, 2.45) is 0 Å². The number of nitrogens with zero attached hydrogens (tertiary/aromatic N) is 3. The van der Waals surface area contributed by atoms with Gasteiger partial charge in [0.1, 0.15) is 36.6 Å². The van der Waals surface area contributed by atoms with E-state index in [0.29, 0.717) is 31.0 Å². The van der Waals surface area contributed by atoms with Gasteiger partial charge in [0.05, 0.1) is 37.7 Å². The van der Waals surface area contributed by atoms with Gasteiger partial charge in [0.25, 0.3) is 0 Å². The second-order valence-corrected chi connectivity index (χ2v) is 13.0. The van der Waals surface area contributed by atoms with E-state index in [-0.39, 0.29) is 24.8 Å². The summed E-state index contributed by atoms with van der Waals surface area (Å²) in [5.41, 5.74) is 0. The molecule has 19 nitrogen and oxygen atoms in total. The average molecular weight is 710 g/mol. The summed E-state index contributed by atoms with van der Waals surface area (Å²) in [6.07, 6.45) is -8.99. The van der Waals surface area contributed by atoms with Crippen LogP contribution >= 0.6 is 11.8 Å². The van der Waals surface area contributed by atoms with Gasteiger partial charge in [-0.1, -0.05) is 11.6 Å². The van der Waals surface area contributed by atoms with E-state index in [2.05, 4.69) is 20.9 Å². The summed E-state index contributed by atoms with van der Waals surface area (Å²) in [6.45, 7) is 1.17. The molecular weight excluding hydrogens is 662 g/mol. The molecule has 2 saturated heterocycles.